The number of fused-ring (bicyclic) bond motifs is 4. The Morgan fingerprint density at radius 1 is 1.26 bits per heavy atom. The first kappa shape index (κ1) is 21.3. The molecule has 0 saturated carbocycles. The molecule has 1 N–H and O–H groups in total. The van der Waals surface area contributed by atoms with Gasteiger partial charge in [-0.05, 0) is 18.6 Å². The molecule has 2 fully saturated rings. The molecule has 5 heterocycles. The minimum Gasteiger partial charge on any atom is -0.503 e. The van der Waals surface area contributed by atoms with Gasteiger partial charge in [0.1, 0.15) is 22.7 Å². The zero-order valence-electron chi connectivity index (χ0n) is 17.8. The minimum atomic E-state index is -0.950. The van der Waals surface area contributed by atoms with E-state index >= 15 is 0 Å². The molecule has 0 radical (unpaired) electrons. The van der Waals surface area contributed by atoms with Crippen molar-refractivity contribution in [2.24, 2.45) is 0 Å². The number of aromatic nitrogens is 3. The summed E-state index contributed by atoms with van der Waals surface area (Å²) < 4.78 is 40.2. The maximum atomic E-state index is 14.0. The van der Waals surface area contributed by atoms with Crippen molar-refractivity contribution < 1.29 is 28.2 Å². The van der Waals surface area contributed by atoms with E-state index in [0.29, 0.717) is 18.2 Å². The van der Waals surface area contributed by atoms with Gasteiger partial charge in [-0.2, -0.15) is 0 Å². The van der Waals surface area contributed by atoms with Gasteiger partial charge >= 0.3 is 0 Å². The monoisotopic (exact) mass is 488 g/mol. The SMILES string of the molecule is C[C@@]12Cn3cc(-c4nnc(Cc5ccc(F)cc5F)s4)c(=O)c(O)c3C(=O)N1C1COCC1O2. The molecular weight excluding hydrogens is 470 g/mol. The van der Waals surface area contributed by atoms with Crippen molar-refractivity contribution in [3.63, 3.8) is 0 Å². The summed E-state index contributed by atoms with van der Waals surface area (Å²) >= 11 is 1.05. The summed E-state index contributed by atoms with van der Waals surface area (Å²) in [5, 5.41) is 19.4. The number of nitrogens with zero attached hydrogens (tertiary/aromatic N) is 4. The van der Waals surface area contributed by atoms with Crippen LogP contribution >= 0.6 is 11.3 Å². The van der Waals surface area contributed by atoms with Crippen molar-refractivity contribution in [3.05, 3.63) is 62.5 Å². The van der Waals surface area contributed by atoms with Gasteiger partial charge in [-0.1, -0.05) is 17.4 Å². The number of hydrogen-bond acceptors (Lipinski definition) is 8. The van der Waals surface area contributed by atoms with E-state index in [1.165, 1.54) is 16.8 Å². The first-order chi connectivity index (χ1) is 16.2. The van der Waals surface area contributed by atoms with Crippen molar-refractivity contribution in [3.8, 4) is 16.3 Å². The molecular formula is C22H18F2N4O5S. The molecule has 176 valence electrons. The summed E-state index contributed by atoms with van der Waals surface area (Å²) in [5.74, 6) is -2.56. The lowest BCUT2D eigenvalue weighted by atomic mass is 10.0. The fourth-order valence-corrected chi connectivity index (χ4v) is 5.80. The molecule has 9 nitrogen and oxygen atoms in total. The number of aromatic hydroxyl groups is 1. The second-order valence-corrected chi connectivity index (χ2v) is 9.78. The Morgan fingerprint density at radius 3 is 2.88 bits per heavy atom. The number of hydrogen-bond donors (Lipinski definition) is 1. The van der Waals surface area contributed by atoms with E-state index in [9.17, 15) is 23.5 Å². The maximum Gasteiger partial charge on any atom is 0.277 e. The van der Waals surface area contributed by atoms with E-state index in [-0.39, 0.29) is 46.9 Å². The molecule has 12 heteroatoms. The van der Waals surface area contributed by atoms with Crippen molar-refractivity contribution in [2.45, 2.75) is 37.8 Å². The molecule has 2 aromatic heterocycles. The Kier molecular flexibility index (Phi) is 4.63. The van der Waals surface area contributed by atoms with Crippen LogP contribution in [0.4, 0.5) is 8.78 Å². The molecule has 0 spiro atoms. The van der Waals surface area contributed by atoms with E-state index in [1.807, 2.05) is 0 Å². The smallest absolute Gasteiger partial charge is 0.277 e. The number of carbonyl (C=O) groups excluding carboxylic acids is 1. The molecule has 1 amide bonds. The Bertz CT molecular complexity index is 1410. The third kappa shape index (κ3) is 3.09. The maximum absolute atomic E-state index is 14.0. The first-order valence-electron chi connectivity index (χ1n) is 10.6. The van der Waals surface area contributed by atoms with Crippen LogP contribution in [0.2, 0.25) is 0 Å². The lowest BCUT2D eigenvalue weighted by Gasteiger charge is -2.41. The van der Waals surface area contributed by atoms with Crippen molar-refractivity contribution in [1.29, 1.82) is 0 Å². The van der Waals surface area contributed by atoms with Gasteiger partial charge in [0, 0.05) is 18.7 Å². The van der Waals surface area contributed by atoms with Gasteiger partial charge in [0.25, 0.3) is 5.91 Å². The molecule has 3 aromatic rings. The molecule has 0 aliphatic carbocycles. The number of ether oxygens (including phenoxy) is 2. The third-order valence-corrected chi connectivity index (χ3v) is 7.40. The van der Waals surface area contributed by atoms with Crippen LogP contribution in [-0.2, 0) is 22.4 Å². The second-order valence-electron chi connectivity index (χ2n) is 8.72. The van der Waals surface area contributed by atoms with Crippen LogP contribution in [0, 0.1) is 11.6 Å². The summed E-state index contributed by atoms with van der Waals surface area (Å²) in [4.78, 5) is 27.9. The number of pyridine rings is 1. The van der Waals surface area contributed by atoms with Crippen molar-refractivity contribution >= 4 is 17.2 Å². The number of carbonyl (C=O) groups is 1. The molecule has 34 heavy (non-hydrogen) atoms. The van der Waals surface area contributed by atoms with Gasteiger partial charge in [-0.15, -0.1) is 10.2 Å². The molecule has 3 atom stereocenters. The Hall–Kier alpha value is -3.22. The number of amides is 1. The minimum absolute atomic E-state index is 0.0617. The number of rotatable bonds is 3. The highest BCUT2D eigenvalue weighted by Crippen LogP contribution is 2.42. The Morgan fingerprint density at radius 2 is 2.09 bits per heavy atom. The lowest BCUT2D eigenvalue weighted by Crippen LogP contribution is -2.57. The predicted molar refractivity (Wildman–Crippen MR) is 114 cm³/mol. The highest BCUT2D eigenvalue weighted by Gasteiger charge is 2.58. The van der Waals surface area contributed by atoms with Crippen molar-refractivity contribution in [1.82, 2.24) is 19.7 Å². The largest absolute Gasteiger partial charge is 0.503 e. The topological polar surface area (TPSA) is 107 Å². The summed E-state index contributed by atoms with van der Waals surface area (Å²) in [6.45, 7) is 2.70. The van der Waals surface area contributed by atoms with Crippen LogP contribution < -0.4 is 5.43 Å². The standard InChI is InChI=1S/C22H18F2N4O5S/c1-22-9-27-6-12(20-26-25-16(34-20)4-10-2-3-11(23)5-13(10)24)18(29)19(30)17(27)21(31)28(22)14-7-32-8-15(14)33-22/h2-3,5-6,14-15,30H,4,7-9H2,1H3/t14?,15?,22-/m1/s1. The van der Waals surface area contributed by atoms with Crippen LogP contribution in [-0.4, -0.2) is 61.8 Å². The quantitative estimate of drug-likeness (QED) is 0.600. The van der Waals surface area contributed by atoms with Crippen LogP contribution in [0.5, 0.6) is 5.75 Å². The zero-order chi connectivity index (χ0) is 23.8. The Balaban J connectivity index is 1.37. The van der Waals surface area contributed by atoms with E-state index in [1.54, 1.807) is 11.8 Å². The number of benzene rings is 1. The fraction of sp³-hybridized carbons (Fsp3) is 0.364. The lowest BCUT2D eigenvalue weighted by molar-refractivity contribution is -0.112. The van der Waals surface area contributed by atoms with Gasteiger partial charge in [0.2, 0.25) is 5.43 Å². The molecule has 2 saturated heterocycles. The molecule has 3 aliphatic heterocycles. The van der Waals surface area contributed by atoms with Gasteiger partial charge < -0.3 is 19.1 Å². The van der Waals surface area contributed by atoms with Crippen LogP contribution in [0.25, 0.3) is 10.6 Å². The van der Waals surface area contributed by atoms with Crippen LogP contribution in [0.15, 0.2) is 29.2 Å². The zero-order valence-corrected chi connectivity index (χ0v) is 18.6. The highest BCUT2D eigenvalue weighted by molar-refractivity contribution is 7.14. The highest BCUT2D eigenvalue weighted by atomic mass is 32.1. The van der Waals surface area contributed by atoms with Gasteiger partial charge in [0.15, 0.2) is 22.2 Å². The van der Waals surface area contributed by atoms with Crippen LogP contribution in [0.3, 0.4) is 0 Å². The fourth-order valence-electron chi connectivity index (χ4n) is 4.93. The molecule has 2 unspecified atom stereocenters. The molecule has 6 rings (SSSR count). The molecule has 3 aliphatic rings. The summed E-state index contributed by atoms with van der Waals surface area (Å²) in [6.07, 6.45) is 1.26. The summed E-state index contributed by atoms with van der Waals surface area (Å²) in [5.41, 5.74) is -1.51. The Labute approximate surface area is 195 Å². The second kappa shape index (κ2) is 7.39. The summed E-state index contributed by atoms with van der Waals surface area (Å²) in [7, 11) is 0. The van der Waals surface area contributed by atoms with Gasteiger partial charge in [0.05, 0.1) is 31.4 Å². The molecule has 0 bridgehead atoms. The first-order valence-corrected chi connectivity index (χ1v) is 11.4. The number of halogens is 2. The van der Waals surface area contributed by atoms with E-state index in [2.05, 4.69) is 10.2 Å². The van der Waals surface area contributed by atoms with Gasteiger partial charge in [-0.3, -0.25) is 14.5 Å². The average molecular weight is 488 g/mol. The third-order valence-electron chi connectivity index (χ3n) is 6.44. The van der Waals surface area contributed by atoms with E-state index in [4.69, 9.17) is 9.47 Å². The van der Waals surface area contributed by atoms with E-state index < -0.39 is 34.4 Å². The predicted octanol–water partition coefficient (Wildman–Crippen LogP) is 1.91. The van der Waals surface area contributed by atoms with Crippen LogP contribution in [0.1, 0.15) is 28.0 Å². The molecule has 1 aromatic carbocycles. The summed E-state index contributed by atoms with van der Waals surface area (Å²) in [6, 6.07) is 2.99. The van der Waals surface area contributed by atoms with E-state index in [0.717, 1.165) is 23.5 Å². The van der Waals surface area contributed by atoms with Gasteiger partial charge in [-0.25, -0.2) is 8.78 Å². The normalized spacial score (nSPS) is 25.4. The van der Waals surface area contributed by atoms with Crippen molar-refractivity contribution in [2.75, 3.05) is 13.2 Å². The average Bonchev–Trinajstić information content (AvgIpc) is 3.47.